The molecular weight excluding hydrogens is 239 g/mol. The van der Waals surface area contributed by atoms with Gasteiger partial charge < -0.3 is 4.90 Å². The predicted molar refractivity (Wildman–Crippen MR) is 68.9 cm³/mol. The Hall–Kier alpha value is -0.830. The summed E-state index contributed by atoms with van der Waals surface area (Å²) in [6, 6.07) is 1.49. The van der Waals surface area contributed by atoms with E-state index >= 15 is 0 Å². The summed E-state index contributed by atoms with van der Waals surface area (Å²) in [5.41, 5.74) is 0.785. The molecule has 0 radical (unpaired) electrons. The second kappa shape index (κ2) is 5.21. The van der Waals surface area contributed by atoms with E-state index in [4.69, 9.17) is 11.6 Å². The molecule has 1 saturated heterocycles. The maximum absolute atomic E-state index is 13.1. The molecule has 2 heterocycles. The zero-order valence-electron chi connectivity index (χ0n) is 10.3. The second-order valence-electron chi connectivity index (χ2n) is 5.12. The van der Waals surface area contributed by atoms with Crippen LogP contribution in [0.4, 0.5) is 10.2 Å². The van der Waals surface area contributed by atoms with Crippen LogP contribution in [0.1, 0.15) is 25.8 Å². The van der Waals surface area contributed by atoms with E-state index in [1.165, 1.54) is 18.7 Å². The van der Waals surface area contributed by atoms with E-state index in [0.29, 0.717) is 17.7 Å². The highest BCUT2D eigenvalue weighted by Gasteiger charge is 2.24. The first kappa shape index (κ1) is 12.6. The van der Waals surface area contributed by atoms with Crippen LogP contribution in [0.5, 0.6) is 0 Å². The van der Waals surface area contributed by atoms with Crippen molar-refractivity contribution in [2.75, 3.05) is 18.0 Å². The number of piperidine rings is 1. The third-order valence-corrected chi connectivity index (χ3v) is 3.51. The van der Waals surface area contributed by atoms with Gasteiger partial charge in [-0.15, -0.1) is 11.6 Å². The monoisotopic (exact) mass is 256 g/mol. The topological polar surface area (TPSA) is 16.1 Å². The van der Waals surface area contributed by atoms with Gasteiger partial charge in [0.25, 0.3) is 0 Å². The molecule has 2 rings (SSSR count). The van der Waals surface area contributed by atoms with Crippen LogP contribution in [0, 0.1) is 17.7 Å². The zero-order chi connectivity index (χ0) is 12.4. The molecule has 1 aromatic heterocycles. The standard InChI is InChI=1S/C13H18ClFN2/c1-9-3-10(2)8-17(7-9)13-11(5-14)4-12(15)6-16-13/h4,6,9-10H,3,5,7-8H2,1-2H3. The Labute approximate surface area is 107 Å². The van der Waals surface area contributed by atoms with E-state index < -0.39 is 0 Å². The van der Waals surface area contributed by atoms with Crippen LogP contribution >= 0.6 is 11.6 Å². The molecule has 0 aliphatic carbocycles. The highest BCUT2D eigenvalue weighted by atomic mass is 35.5. The van der Waals surface area contributed by atoms with Crippen LogP contribution in [-0.2, 0) is 5.88 Å². The number of pyridine rings is 1. The number of hydrogen-bond acceptors (Lipinski definition) is 2. The smallest absolute Gasteiger partial charge is 0.141 e. The summed E-state index contributed by atoms with van der Waals surface area (Å²) in [5, 5.41) is 0. The largest absolute Gasteiger partial charge is 0.356 e. The summed E-state index contributed by atoms with van der Waals surface area (Å²) >= 11 is 5.86. The van der Waals surface area contributed by atoms with Crippen LogP contribution in [-0.4, -0.2) is 18.1 Å². The first-order valence-corrected chi connectivity index (χ1v) is 6.59. The van der Waals surface area contributed by atoms with Gasteiger partial charge in [-0.2, -0.15) is 0 Å². The van der Waals surface area contributed by atoms with Crippen molar-refractivity contribution in [2.24, 2.45) is 11.8 Å². The first-order valence-electron chi connectivity index (χ1n) is 6.05. The summed E-state index contributed by atoms with van der Waals surface area (Å²) in [7, 11) is 0. The quantitative estimate of drug-likeness (QED) is 0.754. The average molecular weight is 257 g/mol. The van der Waals surface area contributed by atoms with Crippen molar-refractivity contribution in [2.45, 2.75) is 26.1 Å². The highest BCUT2D eigenvalue weighted by molar-refractivity contribution is 6.17. The van der Waals surface area contributed by atoms with Crippen molar-refractivity contribution in [3.05, 3.63) is 23.6 Å². The predicted octanol–water partition coefficient (Wildman–Crippen LogP) is 3.44. The summed E-state index contributed by atoms with van der Waals surface area (Å²) in [6.07, 6.45) is 2.52. The van der Waals surface area contributed by atoms with E-state index in [1.807, 2.05) is 0 Å². The number of rotatable bonds is 2. The molecule has 1 fully saturated rings. The Balaban J connectivity index is 2.26. The number of anilines is 1. The minimum absolute atomic E-state index is 0.305. The molecule has 0 saturated carbocycles. The molecule has 2 atom stereocenters. The van der Waals surface area contributed by atoms with E-state index in [2.05, 4.69) is 23.7 Å². The minimum atomic E-state index is -0.317. The second-order valence-corrected chi connectivity index (χ2v) is 5.39. The molecule has 0 bridgehead atoms. The van der Waals surface area contributed by atoms with E-state index in [0.717, 1.165) is 24.5 Å². The van der Waals surface area contributed by atoms with Gasteiger partial charge in [-0.05, 0) is 24.3 Å². The van der Waals surface area contributed by atoms with Gasteiger partial charge in [0.05, 0.1) is 12.1 Å². The van der Waals surface area contributed by atoms with E-state index in [-0.39, 0.29) is 5.82 Å². The normalized spacial score (nSPS) is 25.1. The number of halogens is 2. The molecule has 0 spiro atoms. The van der Waals surface area contributed by atoms with Crippen molar-refractivity contribution >= 4 is 17.4 Å². The van der Waals surface area contributed by atoms with Crippen LogP contribution in [0.2, 0.25) is 0 Å². The lowest BCUT2D eigenvalue weighted by molar-refractivity contribution is 0.355. The molecule has 0 N–H and O–H groups in total. The Bertz CT molecular complexity index is 387. The van der Waals surface area contributed by atoms with Crippen LogP contribution in [0.15, 0.2) is 12.3 Å². The van der Waals surface area contributed by atoms with Gasteiger partial charge in [-0.3, -0.25) is 0 Å². The van der Waals surface area contributed by atoms with Gasteiger partial charge in [-0.25, -0.2) is 9.37 Å². The van der Waals surface area contributed by atoms with Crippen molar-refractivity contribution in [1.29, 1.82) is 0 Å². The first-order chi connectivity index (χ1) is 8.10. The third-order valence-electron chi connectivity index (χ3n) is 3.22. The number of aromatic nitrogens is 1. The van der Waals surface area contributed by atoms with Crippen molar-refractivity contribution in [3.63, 3.8) is 0 Å². The molecule has 0 amide bonds. The molecule has 2 nitrogen and oxygen atoms in total. The van der Waals surface area contributed by atoms with Gasteiger partial charge in [0.1, 0.15) is 11.6 Å². The Morgan fingerprint density at radius 1 is 1.41 bits per heavy atom. The van der Waals surface area contributed by atoms with Gasteiger partial charge in [0.15, 0.2) is 0 Å². The van der Waals surface area contributed by atoms with Crippen molar-refractivity contribution in [1.82, 2.24) is 4.98 Å². The molecule has 94 valence electrons. The summed E-state index contributed by atoms with van der Waals surface area (Å²) in [6.45, 7) is 6.44. The molecule has 1 aliphatic heterocycles. The number of alkyl halides is 1. The fourth-order valence-electron chi connectivity index (χ4n) is 2.69. The molecule has 2 unspecified atom stereocenters. The lowest BCUT2D eigenvalue weighted by Crippen LogP contribution is -2.39. The molecular formula is C13H18ClFN2. The SMILES string of the molecule is CC1CC(C)CN(c2ncc(F)cc2CCl)C1. The van der Waals surface area contributed by atoms with Gasteiger partial charge in [0.2, 0.25) is 0 Å². The molecule has 17 heavy (non-hydrogen) atoms. The van der Waals surface area contributed by atoms with Gasteiger partial charge in [-0.1, -0.05) is 13.8 Å². The molecule has 1 aliphatic rings. The molecule has 0 aromatic carbocycles. The number of nitrogens with zero attached hydrogens (tertiary/aromatic N) is 2. The molecule has 1 aromatic rings. The maximum Gasteiger partial charge on any atom is 0.141 e. The lowest BCUT2D eigenvalue weighted by Gasteiger charge is -2.36. The Morgan fingerprint density at radius 3 is 2.65 bits per heavy atom. The maximum atomic E-state index is 13.1. The lowest BCUT2D eigenvalue weighted by atomic mass is 9.92. The number of hydrogen-bond donors (Lipinski definition) is 0. The Morgan fingerprint density at radius 2 is 2.06 bits per heavy atom. The fraction of sp³-hybridized carbons (Fsp3) is 0.615. The fourth-order valence-corrected chi connectivity index (χ4v) is 2.89. The zero-order valence-corrected chi connectivity index (χ0v) is 11.0. The summed E-state index contributed by atoms with van der Waals surface area (Å²) in [4.78, 5) is 6.44. The molecule has 4 heteroatoms. The minimum Gasteiger partial charge on any atom is -0.356 e. The highest BCUT2D eigenvalue weighted by Crippen LogP contribution is 2.28. The van der Waals surface area contributed by atoms with Gasteiger partial charge >= 0.3 is 0 Å². The Kier molecular flexibility index (Phi) is 3.87. The van der Waals surface area contributed by atoms with Gasteiger partial charge in [0, 0.05) is 18.7 Å². The third kappa shape index (κ3) is 2.89. The summed E-state index contributed by atoms with van der Waals surface area (Å²) < 4.78 is 13.1. The van der Waals surface area contributed by atoms with Crippen LogP contribution in [0.3, 0.4) is 0 Å². The average Bonchev–Trinajstić information content (AvgIpc) is 2.27. The van der Waals surface area contributed by atoms with E-state index in [1.54, 1.807) is 0 Å². The summed E-state index contributed by atoms with van der Waals surface area (Å²) in [5.74, 6) is 2.13. The van der Waals surface area contributed by atoms with Crippen molar-refractivity contribution in [3.8, 4) is 0 Å². The van der Waals surface area contributed by atoms with Crippen LogP contribution in [0.25, 0.3) is 0 Å². The van der Waals surface area contributed by atoms with Crippen LogP contribution < -0.4 is 4.90 Å². The van der Waals surface area contributed by atoms with E-state index in [9.17, 15) is 4.39 Å². The van der Waals surface area contributed by atoms with Crippen molar-refractivity contribution < 1.29 is 4.39 Å².